The number of carbonyl (C=O) groups excluding carboxylic acids is 1. The van der Waals surface area contributed by atoms with Crippen molar-refractivity contribution in [3.8, 4) is 0 Å². The Morgan fingerprint density at radius 3 is 2.53 bits per heavy atom. The molecule has 0 unspecified atom stereocenters. The molecule has 104 valence electrons. The fraction of sp³-hybridized carbons (Fsp3) is 0.364. The molecule has 0 bridgehead atoms. The molecule has 0 spiro atoms. The lowest BCUT2D eigenvalue weighted by molar-refractivity contribution is 0.222. The summed E-state index contributed by atoms with van der Waals surface area (Å²) >= 11 is 0. The molecule has 1 fully saturated rings. The van der Waals surface area contributed by atoms with Crippen LogP contribution in [0.3, 0.4) is 0 Å². The van der Waals surface area contributed by atoms with Crippen molar-refractivity contribution in [3.63, 3.8) is 0 Å². The number of halogens is 1. The Morgan fingerprint density at radius 1 is 1.32 bits per heavy atom. The molecular weight excluding hydrogens is 273 g/mol. The summed E-state index contributed by atoms with van der Waals surface area (Å²) in [7, 11) is -3.93. The molecule has 1 aromatic carbocycles. The predicted octanol–water partition coefficient (Wildman–Crippen LogP) is 1.10. The number of anilines is 1. The molecule has 0 aliphatic carbocycles. The minimum absolute atomic E-state index is 0.191. The Hall–Kier alpha value is -1.67. The van der Waals surface area contributed by atoms with E-state index in [1.165, 1.54) is 0 Å². The maximum Gasteiger partial charge on any atom is 0.321 e. The van der Waals surface area contributed by atoms with Crippen molar-refractivity contribution in [2.24, 2.45) is 5.14 Å². The highest BCUT2D eigenvalue weighted by molar-refractivity contribution is 7.89. The van der Waals surface area contributed by atoms with E-state index in [-0.39, 0.29) is 10.6 Å². The molecule has 0 radical (unpaired) electrons. The van der Waals surface area contributed by atoms with Crippen LogP contribution in [0.5, 0.6) is 0 Å². The van der Waals surface area contributed by atoms with E-state index in [1.54, 1.807) is 4.90 Å². The van der Waals surface area contributed by atoms with Crippen LogP contribution in [0.25, 0.3) is 0 Å². The number of urea groups is 1. The first-order valence-electron chi connectivity index (χ1n) is 5.76. The summed E-state index contributed by atoms with van der Waals surface area (Å²) in [4.78, 5) is 13.1. The van der Waals surface area contributed by atoms with Crippen molar-refractivity contribution in [1.29, 1.82) is 0 Å². The van der Waals surface area contributed by atoms with Gasteiger partial charge in [-0.15, -0.1) is 0 Å². The average Bonchev–Trinajstić information content (AvgIpc) is 2.84. The molecule has 1 saturated heterocycles. The molecule has 6 nitrogen and oxygen atoms in total. The van der Waals surface area contributed by atoms with E-state index < -0.39 is 21.9 Å². The van der Waals surface area contributed by atoms with Crippen molar-refractivity contribution in [3.05, 3.63) is 24.0 Å². The monoisotopic (exact) mass is 287 g/mol. The third-order valence-electron chi connectivity index (χ3n) is 2.90. The lowest BCUT2D eigenvalue weighted by Crippen LogP contribution is -2.32. The molecule has 1 aliphatic heterocycles. The highest BCUT2D eigenvalue weighted by Crippen LogP contribution is 2.20. The summed E-state index contributed by atoms with van der Waals surface area (Å²) in [5.41, 5.74) is -0.191. The van der Waals surface area contributed by atoms with E-state index in [2.05, 4.69) is 5.32 Å². The summed E-state index contributed by atoms with van der Waals surface area (Å²) in [5.74, 6) is -0.708. The van der Waals surface area contributed by atoms with Gasteiger partial charge in [0, 0.05) is 13.1 Å². The number of nitrogens with two attached hydrogens (primary N) is 1. The molecule has 1 aliphatic rings. The average molecular weight is 287 g/mol. The highest BCUT2D eigenvalue weighted by Gasteiger charge is 2.20. The van der Waals surface area contributed by atoms with Crippen LogP contribution in [0.2, 0.25) is 0 Å². The molecule has 1 aromatic rings. The predicted molar refractivity (Wildman–Crippen MR) is 67.6 cm³/mol. The van der Waals surface area contributed by atoms with Gasteiger partial charge in [0.05, 0.1) is 10.6 Å². The molecule has 1 heterocycles. The van der Waals surface area contributed by atoms with Crippen molar-refractivity contribution >= 4 is 21.7 Å². The number of nitrogens with one attached hydrogen (secondary N) is 1. The van der Waals surface area contributed by atoms with Gasteiger partial charge in [0.25, 0.3) is 0 Å². The second-order valence-electron chi connectivity index (χ2n) is 4.31. The Labute approximate surface area is 110 Å². The minimum atomic E-state index is -3.93. The van der Waals surface area contributed by atoms with Gasteiger partial charge < -0.3 is 10.2 Å². The maximum atomic E-state index is 13.5. The van der Waals surface area contributed by atoms with Crippen molar-refractivity contribution in [2.45, 2.75) is 17.7 Å². The SMILES string of the molecule is NS(=O)(=O)c1ccc(F)c(NC(=O)N2CCCC2)c1. The molecule has 2 amide bonds. The standard InChI is InChI=1S/C11H14FN3O3S/c12-9-4-3-8(19(13,17)18)7-10(9)14-11(16)15-5-1-2-6-15/h3-4,7H,1-2,5-6H2,(H,14,16)(H2,13,17,18). The number of hydrogen-bond donors (Lipinski definition) is 2. The number of amides is 2. The summed E-state index contributed by atoms with van der Waals surface area (Å²) in [6, 6.07) is 2.58. The van der Waals surface area contributed by atoms with Crippen LogP contribution in [-0.2, 0) is 10.0 Å². The minimum Gasteiger partial charge on any atom is -0.325 e. The molecule has 8 heteroatoms. The van der Waals surface area contributed by atoms with Crippen LogP contribution < -0.4 is 10.5 Å². The second-order valence-corrected chi connectivity index (χ2v) is 5.87. The number of rotatable bonds is 2. The van der Waals surface area contributed by atoms with E-state index in [9.17, 15) is 17.6 Å². The molecule has 3 N–H and O–H groups in total. The summed E-state index contributed by atoms with van der Waals surface area (Å²) in [6.45, 7) is 1.23. The fourth-order valence-electron chi connectivity index (χ4n) is 1.89. The van der Waals surface area contributed by atoms with Gasteiger partial charge in [0.15, 0.2) is 0 Å². The van der Waals surface area contributed by atoms with Gasteiger partial charge in [-0.2, -0.15) is 0 Å². The number of likely N-dealkylation sites (tertiary alicyclic amines) is 1. The number of nitrogens with zero attached hydrogens (tertiary/aromatic N) is 1. The normalized spacial score (nSPS) is 15.6. The molecule has 0 atom stereocenters. The van der Waals surface area contributed by atoms with Gasteiger partial charge in [-0.1, -0.05) is 0 Å². The Bertz CT molecular complexity index is 597. The van der Waals surface area contributed by atoms with Crippen molar-refractivity contribution in [2.75, 3.05) is 18.4 Å². The number of hydrogen-bond acceptors (Lipinski definition) is 3. The lowest BCUT2D eigenvalue weighted by Gasteiger charge is -2.16. The lowest BCUT2D eigenvalue weighted by atomic mass is 10.3. The van der Waals surface area contributed by atoms with Crippen LogP contribution in [0.4, 0.5) is 14.9 Å². The highest BCUT2D eigenvalue weighted by atomic mass is 32.2. The Morgan fingerprint density at radius 2 is 1.95 bits per heavy atom. The third-order valence-corrected chi connectivity index (χ3v) is 3.81. The van der Waals surface area contributed by atoms with Crippen molar-refractivity contribution in [1.82, 2.24) is 4.90 Å². The van der Waals surface area contributed by atoms with Gasteiger partial charge in [-0.25, -0.2) is 22.7 Å². The number of benzene rings is 1. The number of carbonyl (C=O) groups is 1. The third kappa shape index (κ3) is 3.21. The van der Waals surface area contributed by atoms with E-state index in [0.717, 1.165) is 31.0 Å². The van der Waals surface area contributed by atoms with Crippen LogP contribution in [0.1, 0.15) is 12.8 Å². The van der Waals surface area contributed by atoms with Crippen LogP contribution in [-0.4, -0.2) is 32.4 Å². The first kappa shape index (κ1) is 13.8. The van der Waals surface area contributed by atoms with E-state index >= 15 is 0 Å². The van der Waals surface area contributed by atoms with Crippen LogP contribution >= 0.6 is 0 Å². The van der Waals surface area contributed by atoms with Gasteiger partial charge >= 0.3 is 6.03 Å². The molecule has 0 saturated carbocycles. The molecule has 0 aromatic heterocycles. The van der Waals surface area contributed by atoms with E-state index in [1.807, 2.05) is 0 Å². The summed E-state index contributed by atoms with van der Waals surface area (Å²) in [5, 5.41) is 7.31. The van der Waals surface area contributed by atoms with Crippen molar-refractivity contribution < 1.29 is 17.6 Å². The zero-order valence-corrected chi connectivity index (χ0v) is 10.9. The molecule has 2 rings (SSSR count). The zero-order chi connectivity index (χ0) is 14.0. The quantitative estimate of drug-likeness (QED) is 0.853. The topological polar surface area (TPSA) is 92.5 Å². The molecular formula is C11H14FN3O3S. The second kappa shape index (κ2) is 5.14. The fourth-order valence-corrected chi connectivity index (χ4v) is 2.43. The smallest absolute Gasteiger partial charge is 0.321 e. The van der Waals surface area contributed by atoms with Gasteiger partial charge in [-0.05, 0) is 31.0 Å². The largest absolute Gasteiger partial charge is 0.325 e. The Balaban J connectivity index is 2.22. The van der Waals surface area contributed by atoms with Gasteiger partial charge in [0.1, 0.15) is 5.82 Å². The maximum absolute atomic E-state index is 13.5. The van der Waals surface area contributed by atoms with E-state index in [0.29, 0.717) is 13.1 Å². The zero-order valence-electron chi connectivity index (χ0n) is 10.1. The van der Waals surface area contributed by atoms with Gasteiger partial charge in [-0.3, -0.25) is 0 Å². The van der Waals surface area contributed by atoms with Gasteiger partial charge in [0.2, 0.25) is 10.0 Å². The number of sulfonamides is 1. The number of primary sulfonamides is 1. The summed E-state index contributed by atoms with van der Waals surface area (Å²) < 4.78 is 35.9. The van der Waals surface area contributed by atoms with Crippen LogP contribution in [0, 0.1) is 5.82 Å². The first-order valence-corrected chi connectivity index (χ1v) is 7.31. The van der Waals surface area contributed by atoms with Crippen LogP contribution in [0.15, 0.2) is 23.1 Å². The Kier molecular flexibility index (Phi) is 3.72. The first-order chi connectivity index (χ1) is 8.88. The van der Waals surface area contributed by atoms with E-state index in [4.69, 9.17) is 5.14 Å². The molecule has 19 heavy (non-hydrogen) atoms. The summed E-state index contributed by atoms with van der Waals surface area (Å²) in [6.07, 6.45) is 1.82.